The van der Waals surface area contributed by atoms with Crippen LogP contribution in [0.15, 0.2) is 18.2 Å². The van der Waals surface area contributed by atoms with E-state index in [1.54, 1.807) is 32.4 Å². The summed E-state index contributed by atoms with van der Waals surface area (Å²) < 4.78 is 15.5. The van der Waals surface area contributed by atoms with Gasteiger partial charge in [-0.2, -0.15) is 0 Å². The van der Waals surface area contributed by atoms with Crippen molar-refractivity contribution in [2.75, 3.05) is 45.5 Å². The Labute approximate surface area is 123 Å². The summed E-state index contributed by atoms with van der Waals surface area (Å²) in [5.74, 6) is -0.381. The minimum atomic E-state index is -0.515. The van der Waals surface area contributed by atoms with E-state index in [9.17, 15) is 9.59 Å². The van der Waals surface area contributed by atoms with Crippen LogP contribution in [0.1, 0.15) is 16.8 Å². The van der Waals surface area contributed by atoms with E-state index in [1.807, 2.05) is 0 Å². The number of hydrogen-bond acceptors (Lipinski definition) is 5. The molecule has 1 aromatic rings. The molecule has 6 nitrogen and oxygen atoms in total. The van der Waals surface area contributed by atoms with E-state index in [4.69, 9.17) is 14.2 Å². The Morgan fingerprint density at radius 1 is 1.10 bits per heavy atom. The van der Waals surface area contributed by atoms with Crippen molar-refractivity contribution < 1.29 is 23.8 Å². The van der Waals surface area contributed by atoms with Crippen molar-refractivity contribution in [3.8, 4) is 5.75 Å². The highest BCUT2D eigenvalue weighted by Crippen LogP contribution is 2.32. The standard InChI is InChI=1S/C15H19NO5/c1-19-7-3-8-21-9-6-16-13-10-11(20-2)4-5-12(13)14(17)15(16)18/h4-5,10H,3,6-9H2,1-2H3. The second kappa shape index (κ2) is 7.19. The molecular formula is C15H19NO5. The van der Waals surface area contributed by atoms with Gasteiger partial charge in [-0.05, 0) is 18.6 Å². The number of fused-ring (bicyclic) bond motifs is 1. The number of methoxy groups -OCH3 is 2. The number of carbonyl (C=O) groups is 2. The Bertz CT molecular complexity index is 529. The van der Waals surface area contributed by atoms with E-state index >= 15 is 0 Å². The quantitative estimate of drug-likeness (QED) is 0.533. The minimum Gasteiger partial charge on any atom is -0.497 e. The molecule has 0 radical (unpaired) electrons. The summed E-state index contributed by atoms with van der Waals surface area (Å²) in [6, 6.07) is 4.99. The van der Waals surface area contributed by atoms with Gasteiger partial charge in [0.05, 0.1) is 25.0 Å². The number of ether oxygens (including phenoxy) is 3. The van der Waals surface area contributed by atoms with E-state index in [1.165, 1.54) is 4.90 Å². The van der Waals surface area contributed by atoms with Gasteiger partial charge in [-0.1, -0.05) is 0 Å². The number of carbonyl (C=O) groups excluding carboxylic acids is 2. The number of amides is 1. The number of hydrogen-bond donors (Lipinski definition) is 0. The molecule has 0 atom stereocenters. The molecule has 0 aromatic heterocycles. The van der Waals surface area contributed by atoms with Gasteiger partial charge in [0.1, 0.15) is 5.75 Å². The molecule has 1 aromatic carbocycles. The highest BCUT2D eigenvalue weighted by molar-refractivity contribution is 6.52. The SMILES string of the molecule is COCCCOCCN1C(=O)C(=O)c2ccc(OC)cc21. The maximum Gasteiger partial charge on any atom is 0.299 e. The Morgan fingerprint density at radius 2 is 1.90 bits per heavy atom. The smallest absolute Gasteiger partial charge is 0.299 e. The molecular weight excluding hydrogens is 274 g/mol. The third kappa shape index (κ3) is 3.40. The Hall–Kier alpha value is -1.92. The van der Waals surface area contributed by atoms with Crippen LogP contribution in [-0.4, -0.2) is 52.3 Å². The molecule has 1 heterocycles. The molecule has 0 saturated carbocycles. The average Bonchev–Trinajstić information content (AvgIpc) is 2.74. The largest absolute Gasteiger partial charge is 0.497 e. The van der Waals surface area contributed by atoms with Crippen molar-refractivity contribution in [2.24, 2.45) is 0 Å². The lowest BCUT2D eigenvalue weighted by molar-refractivity contribution is -0.114. The van der Waals surface area contributed by atoms with Crippen LogP contribution in [0.25, 0.3) is 0 Å². The first-order valence-corrected chi connectivity index (χ1v) is 6.80. The summed E-state index contributed by atoms with van der Waals surface area (Å²) in [5, 5.41) is 0. The Balaban J connectivity index is 1.97. The number of benzene rings is 1. The van der Waals surface area contributed by atoms with Crippen LogP contribution >= 0.6 is 0 Å². The van der Waals surface area contributed by atoms with Crippen LogP contribution in [0, 0.1) is 0 Å². The van der Waals surface area contributed by atoms with Gasteiger partial charge < -0.3 is 19.1 Å². The van der Waals surface area contributed by atoms with Gasteiger partial charge in [0.25, 0.3) is 11.7 Å². The topological polar surface area (TPSA) is 65.1 Å². The normalized spacial score (nSPS) is 13.7. The van der Waals surface area contributed by atoms with Crippen LogP contribution in [0.2, 0.25) is 0 Å². The molecule has 1 amide bonds. The zero-order valence-corrected chi connectivity index (χ0v) is 12.3. The minimum absolute atomic E-state index is 0.345. The summed E-state index contributed by atoms with van der Waals surface area (Å²) in [5.41, 5.74) is 1.00. The Morgan fingerprint density at radius 3 is 2.62 bits per heavy atom. The van der Waals surface area contributed by atoms with Crippen LogP contribution in [0.4, 0.5) is 5.69 Å². The van der Waals surface area contributed by atoms with Gasteiger partial charge in [-0.3, -0.25) is 9.59 Å². The molecule has 0 aliphatic carbocycles. The lowest BCUT2D eigenvalue weighted by atomic mass is 10.1. The average molecular weight is 293 g/mol. The first-order valence-electron chi connectivity index (χ1n) is 6.80. The molecule has 0 fully saturated rings. The van der Waals surface area contributed by atoms with E-state index in [0.717, 1.165) is 6.42 Å². The molecule has 0 N–H and O–H groups in total. The van der Waals surface area contributed by atoms with Crippen molar-refractivity contribution in [3.05, 3.63) is 23.8 Å². The molecule has 0 unspecified atom stereocenters. The molecule has 2 rings (SSSR count). The van der Waals surface area contributed by atoms with Crippen molar-refractivity contribution in [1.82, 2.24) is 0 Å². The zero-order valence-electron chi connectivity index (χ0n) is 12.3. The van der Waals surface area contributed by atoms with Crippen LogP contribution in [0.5, 0.6) is 5.75 Å². The molecule has 6 heteroatoms. The third-order valence-electron chi connectivity index (χ3n) is 3.28. The molecule has 114 valence electrons. The molecule has 0 bridgehead atoms. The van der Waals surface area contributed by atoms with E-state index in [2.05, 4.69) is 0 Å². The fraction of sp³-hybridized carbons (Fsp3) is 0.467. The predicted octanol–water partition coefficient (Wildman–Crippen LogP) is 1.28. The highest BCUT2D eigenvalue weighted by atomic mass is 16.5. The second-order valence-electron chi connectivity index (χ2n) is 4.63. The van der Waals surface area contributed by atoms with Crippen LogP contribution < -0.4 is 9.64 Å². The number of ketones is 1. The van der Waals surface area contributed by atoms with Gasteiger partial charge in [0.2, 0.25) is 0 Å². The monoisotopic (exact) mass is 293 g/mol. The highest BCUT2D eigenvalue weighted by Gasteiger charge is 2.35. The summed E-state index contributed by atoms with van der Waals surface area (Å²) in [4.78, 5) is 25.3. The van der Waals surface area contributed by atoms with E-state index < -0.39 is 11.7 Å². The number of Topliss-reactive ketones (excluding diaryl/α,β-unsaturated/α-hetero) is 1. The Kier molecular flexibility index (Phi) is 5.30. The predicted molar refractivity (Wildman–Crippen MR) is 77.0 cm³/mol. The number of rotatable bonds is 8. The zero-order chi connectivity index (χ0) is 15.2. The summed E-state index contributed by atoms with van der Waals surface area (Å²) in [7, 11) is 3.18. The van der Waals surface area contributed by atoms with Crippen LogP contribution in [-0.2, 0) is 14.3 Å². The second-order valence-corrected chi connectivity index (χ2v) is 4.63. The lowest BCUT2D eigenvalue weighted by Gasteiger charge is -2.17. The van der Waals surface area contributed by atoms with Crippen molar-refractivity contribution >= 4 is 17.4 Å². The molecule has 0 saturated heterocycles. The van der Waals surface area contributed by atoms with Crippen molar-refractivity contribution in [1.29, 1.82) is 0 Å². The third-order valence-corrected chi connectivity index (χ3v) is 3.28. The fourth-order valence-corrected chi connectivity index (χ4v) is 2.19. The number of anilines is 1. The van der Waals surface area contributed by atoms with Gasteiger partial charge in [-0.15, -0.1) is 0 Å². The van der Waals surface area contributed by atoms with E-state index in [0.29, 0.717) is 43.4 Å². The maximum absolute atomic E-state index is 12.0. The lowest BCUT2D eigenvalue weighted by Crippen LogP contribution is -2.33. The number of nitrogens with zero attached hydrogens (tertiary/aromatic N) is 1. The summed E-state index contributed by atoms with van der Waals surface area (Å²) in [6.07, 6.45) is 0.799. The van der Waals surface area contributed by atoms with Crippen LogP contribution in [0.3, 0.4) is 0 Å². The molecule has 0 spiro atoms. The molecule has 21 heavy (non-hydrogen) atoms. The van der Waals surface area contributed by atoms with Crippen molar-refractivity contribution in [2.45, 2.75) is 6.42 Å². The fourth-order valence-electron chi connectivity index (χ4n) is 2.19. The summed E-state index contributed by atoms with van der Waals surface area (Å²) in [6.45, 7) is 1.92. The summed E-state index contributed by atoms with van der Waals surface area (Å²) >= 11 is 0. The first kappa shape index (κ1) is 15.5. The maximum atomic E-state index is 12.0. The van der Waals surface area contributed by atoms with Crippen molar-refractivity contribution in [3.63, 3.8) is 0 Å². The van der Waals surface area contributed by atoms with Gasteiger partial charge in [0.15, 0.2) is 0 Å². The van der Waals surface area contributed by atoms with Gasteiger partial charge >= 0.3 is 0 Å². The van der Waals surface area contributed by atoms with E-state index in [-0.39, 0.29) is 0 Å². The van der Waals surface area contributed by atoms with Gasteiger partial charge in [0, 0.05) is 32.9 Å². The first-order chi connectivity index (χ1) is 10.2. The molecule has 1 aliphatic heterocycles. The molecule has 1 aliphatic rings. The van der Waals surface area contributed by atoms with Gasteiger partial charge in [-0.25, -0.2) is 0 Å².